The second kappa shape index (κ2) is 7.21. The molecule has 1 aromatic heterocycles. The number of nitrogens with one attached hydrogen (secondary N) is 3. The van der Waals surface area contributed by atoms with Gasteiger partial charge >= 0.3 is 0 Å². The van der Waals surface area contributed by atoms with E-state index in [0.717, 1.165) is 16.8 Å². The van der Waals surface area contributed by atoms with Crippen molar-refractivity contribution in [1.82, 2.24) is 9.97 Å². The van der Waals surface area contributed by atoms with Gasteiger partial charge in [-0.05, 0) is 30.3 Å². The Balaban J connectivity index is 1.56. The van der Waals surface area contributed by atoms with Gasteiger partial charge in [0, 0.05) is 17.8 Å². The summed E-state index contributed by atoms with van der Waals surface area (Å²) in [5.41, 5.74) is 3.33. The fraction of sp³-hybridized carbons (Fsp3) is 0.0476. The minimum atomic E-state index is -0.217. The van der Waals surface area contributed by atoms with Crippen molar-refractivity contribution in [3.05, 3.63) is 83.9 Å². The number of H-pyrrole nitrogens is 1. The maximum Gasteiger partial charge on any atom is 0.257 e. The molecule has 0 aliphatic carbocycles. The van der Waals surface area contributed by atoms with Crippen LogP contribution in [0.15, 0.2) is 72.8 Å². The summed E-state index contributed by atoms with van der Waals surface area (Å²) in [6.45, 7) is 0.415. The summed E-state index contributed by atoms with van der Waals surface area (Å²) in [5, 5.41) is 15.9. The Labute approximate surface area is 155 Å². The molecule has 27 heavy (non-hydrogen) atoms. The minimum Gasteiger partial charge on any atom is -0.508 e. The molecule has 0 bridgehead atoms. The van der Waals surface area contributed by atoms with Crippen LogP contribution in [0.2, 0.25) is 0 Å². The Morgan fingerprint density at radius 2 is 1.74 bits per heavy atom. The topological polar surface area (TPSA) is 90.0 Å². The highest BCUT2D eigenvalue weighted by Gasteiger charge is 2.14. The third-order valence-corrected chi connectivity index (χ3v) is 4.23. The van der Waals surface area contributed by atoms with Crippen LogP contribution in [0.3, 0.4) is 0 Å². The number of hydrogen-bond acceptors (Lipinski definition) is 4. The number of imidazole rings is 1. The van der Waals surface area contributed by atoms with Crippen molar-refractivity contribution in [1.29, 1.82) is 0 Å². The van der Waals surface area contributed by atoms with Gasteiger partial charge in [-0.15, -0.1) is 0 Å². The van der Waals surface area contributed by atoms with Gasteiger partial charge in [-0.2, -0.15) is 0 Å². The Kier molecular flexibility index (Phi) is 4.45. The summed E-state index contributed by atoms with van der Waals surface area (Å²) in [4.78, 5) is 20.3. The van der Waals surface area contributed by atoms with Crippen LogP contribution in [-0.4, -0.2) is 21.0 Å². The summed E-state index contributed by atoms with van der Waals surface area (Å²) in [7, 11) is 0. The molecule has 0 aliphatic rings. The van der Waals surface area contributed by atoms with Gasteiger partial charge in [0.05, 0.1) is 11.1 Å². The van der Waals surface area contributed by atoms with E-state index in [4.69, 9.17) is 0 Å². The summed E-state index contributed by atoms with van der Waals surface area (Å²) >= 11 is 0. The van der Waals surface area contributed by atoms with Crippen molar-refractivity contribution < 1.29 is 9.90 Å². The molecule has 0 aliphatic heterocycles. The predicted molar refractivity (Wildman–Crippen MR) is 106 cm³/mol. The summed E-state index contributed by atoms with van der Waals surface area (Å²) < 4.78 is 0. The first kappa shape index (κ1) is 16.7. The number of amides is 1. The molecule has 4 N–H and O–H groups in total. The third kappa shape index (κ3) is 3.59. The number of benzene rings is 3. The number of anilines is 2. The monoisotopic (exact) mass is 358 g/mol. The number of aromatic hydroxyl groups is 1. The van der Waals surface area contributed by atoms with Crippen LogP contribution in [0.5, 0.6) is 5.75 Å². The van der Waals surface area contributed by atoms with Gasteiger partial charge in [0.2, 0.25) is 5.95 Å². The standard InChI is InChI=1S/C21H18N4O2/c26-18-12-5-4-7-14(18)13-22-21-24-17-11-6-10-16(19(17)25-21)20(27)23-15-8-2-1-3-9-15/h1-12,26H,13H2,(H,23,27)(H2,22,24,25). The number of fused-ring (bicyclic) bond motifs is 1. The van der Waals surface area contributed by atoms with E-state index in [1.54, 1.807) is 18.2 Å². The summed E-state index contributed by atoms with van der Waals surface area (Å²) in [6.07, 6.45) is 0. The molecule has 1 heterocycles. The van der Waals surface area contributed by atoms with Crippen molar-refractivity contribution in [3.8, 4) is 5.75 Å². The van der Waals surface area contributed by atoms with Crippen molar-refractivity contribution in [2.75, 3.05) is 10.6 Å². The van der Waals surface area contributed by atoms with Crippen LogP contribution in [0.4, 0.5) is 11.6 Å². The molecule has 3 aromatic carbocycles. The molecule has 134 valence electrons. The van der Waals surface area contributed by atoms with E-state index >= 15 is 0 Å². The number of carbonyl (C=O) groups is 1. The van der Waals surface area contributed by atoms with Gasteiger partial charge < -0.3 is 20.7 Å². The fourth-order valence-corrected chi connectivity index (χ4v) is 2.86. The van der Waals surface area contributed by atoms with E-state index in [2.05, 4.69) is 20.6 Å². The first-order valence-corrected chi connectivity index (χ1v) is 8.56. The molecule has 4 aromatic rings. The van der Waals surface area contributed by atoms with Gasteiger partial charge in [0.25, 0.3) is 5.91 Å². The van der Waals surface area contributed by atoms with E-state index < -0.39 is 0 Å². The van der Waals surface area contributed by atoms with Crippen LogP contribution in [-0.2, 0) is 6.54 Å². The molecule has 0 fully saturated rings. The highest BCUT2D eigenvalue weighted by Crippen LogP contribution is 2.22. The summed E-state index contributed by atoms with van der Waals surface area (Å²) in [6, 6.07) is 21.8. The average molecular weight is 358 g/mol. The van der Waals surface area contributed by atoms with Gasteiger partial charge in [-0.1, -0.05) is 42.5 Å². The van der Waals surface area contributed by atoms with Crippen LogP contribution < -0.4 is 10.6 Å². The smallest absolute Gasteiger partial charge is 0.257 e. The average Bonchev–Trinajstić information content (AvgIpc) is 3.11. The second-order valence-electron chi connectivity index (χ2n) is 6.09. The highest BCUT2D eigenvalue weighted by atomic mass is 16.3. The minimum absolute atomic E-state index is 0.217. The number of rotatable bonds is 5. The van der Waals surface area contributed by atoms with Crippen molar-refractivity contribution in [2.24, 2.45) is 0 Å². The van der Waals surface area contributed by atoms with E-state index in [1.807, 2.05) is 54.6 Å². The van der Waals surface area contributed by atoms with E-state index in [1.165, 1.54) is 0 Å². The lowest BCUT2D eigenvalue weighted by molar-refractivity contribution is 0.102. The number of para-hydroxylation sites is 3. The number of phenols is 1. The molecule has 6 nitrogen and oxygen atoms in total. The zero-order valence-electron chi connectivity index (χ0n) is 14.4. The van der Waals surface area contributed by atoms with Crippen molar-refractivity contribution >= 4 is 28.6 Å². The number of hydrogen-bond donors (Lipinski definition) is 4. The lowest BCUT2D eigenvalue weighted by Gasteiger charge is -2.05. The van der Waals surface area contributed by atoms with Gasteiger partial charge in [0.15, 0.2) is 0 Å². The van der Waals surface area contributed by atoms with Crippen LogP contribution in [0, 0.1) is 0 Å². The number of aromatic amines is 1. The molecule has 0 unspecified atom stereocenters. The van der Waals surface area contributed by atoms with Gasteiger partial charge in [-0.3, -0.25) is 4.79 Å². The lowest BCUT2D eigenvalue weighted by Crippen LogP contribution is -2.12. The molecule has 4 rings (SSSR count). The predicted octanol–water partition coefficient (Wildman–Crippen LogP) is 4.13. The Hall–Kier alpha value is -3.80. The first-order valence-electron chi connectivity index (χ1n) is 8.56. The third-order valence-electron chi connectivity index (χ3n) is 4.23. The second-order valence-corrected chi connectivity index (χ2v) is 6.09. The molecule has 1 amide bonds. The number of aromatic nitrogens is 2. The number of phenolic OH excluding ortho intramolecular Hbond substituents is 1. The number of nitrogens with zero attached hydrogens (tertiary/aromatic N) is 1. The van der Waals surface area contributed by atoms with Crippen molar-refractivity contribution in [2.45, 2.75) is 6.54 Å². The largest absolute Gasteiger partial charge is 0.508 e. The molecule has 6 heteroatoms. The van der Waals surface area contributed by atoms with Gasteiger partial charge in [-0.25, -0.2) is 4.98 Å². The molecular weight excluding hydrogens is 340 g/mol. The van der Waals surface area contributed by atoms with Crippen LogP contribution >= 0.6 is 0 Å². The van der Waals surface area contributed by atoms with E-state index in [9.17, 15) is 9.90 Å². The SMILES string of the molecule is O=C(Nc1ccccc1)c1cccc2[nH]c(NCc3ccccc3O)nc12. The molecule has 0 atom stereocenters. The van der Waals surface area contributed by atoms with E-state index in [0.29, 0.717) is 23.6 Å². The van der Waals surface area contributed by atoms with Crippen LogP contribution in [0.1, 0.15) is 15.9 Å². The quantitative estimate of drug-likeness (QED) is 0.432. The highest BCUT2D eigenvalue weighted by molar-refractivity contribution is 6.11. The molecular formula is C21H18N4O2. The lowest BCUT2D eigenvalue weighted by atomic mass is 10.1. The summed E-state index contributed by atoms with van der Waals surface area (Å²) in [5.74, 6) is 0.544. The molecule has 0 saturated heterocycles. The number of carbonyl (C=O) groups excluding carboxylic acids is 1. The van der Waals surface area contributed by atoms with Gasteiger partial charge in [0.1, 0.15) is 11.3 Å². The van der Waals surface area contributed by atoms with Crippen molar-refractivity contribution in [3.63, 3.8) is 0 Å². The normalized spacial score (nSPS) is 10.7. The molecule has 0 saturated carbocycles. The molecule has 0 spiro atoms. The van der Waals surface area contributed by atoms with Crippen LogP contribution in [0.25, 0.3) is 11.0 Å². The Bertz CT molecular complexity index is 1090. The fourth-order valence-electron chi connectivity index (χ4n) is 2.86. The van der Waals surface area contributed by atoms with E-state index in [-0.39, 0.29) is 11.7 Å². The first-order chi connectivity index (χ1) is 13.2. The maximum atomic E-state index is 12.6. The molecule has 0 radical (unpaired) electrons. The zero-order chi connectivity index (χ0) is 18.6. The maximum absolute atomic E-state index is 12.6. The Morgan fingerprint density at radius 1 is 0.963 bits per heavy atom. The zero-order valence-corrected chi connectivity index (χ0v) is 14.4. The Morgan fingerprint density at radius 3 is 2.56 bits per heavy atom.